The first-order valence-corrected chi connectivity index (χ1v) is 17.6. The molecule has 0 spiro atoms. The summed E-state index contributed by atoms with van der Waals surface area (Å²) in [6.45, 7) is 7.51. The summed E-state index contributed by atoms with van der Waals surface area (Å²) in [5.41, 5.74) is 12.3. The monoisotopic (exact) mass is 764 g/mol. The van der Waals surface area contributed by atoms with Gasteiger partial charge in [0.2, 0.25) is 0 Å². The van der Waals surface area contributed by atoms with E-state index in [0.717, 1.165) is 16.8 Å². The van der Waals surface area contributed by atoms with Gasteiger partial charge in [-0.1, -0.05) is 12.1 Å². The number of nitrogens with two attached hydrogens (primary N) is 1. The van der Waals surface area contributed by atoms with E-state index >= 15 is 0 Å². The van der Waals surface area contributed by atoms with E-state index < -0.39 is 10.7 Å². The van der Waals surface area contributed by atoms with Crippen LogP contribution in [0.4, 0.5) is 20.2 Å². The molecule has 56 heavy (non-hydrogen) atoms. The molecule has 14 heteroatoms. The van der Waals surface area contributed by atoms with Crippen LogP contribution in [-0.2, 0) is 12.8 Å². The third kappa shape index (κ3) is 10.7. The number of aromatic nitrogens is 4. The van der Waals surface area contributed by atoms with Crippen LogP contribution in [0.2, 0.25) is 0 Å². The van der Waals surface area contributed by atoms with Crippen LogP contribution >= 0.6 is 0 Å². The van der Waals surface area contributed by atoms with Crippen molar-refractivity contribution in [2.45, 2.75) is 52.7 Å². The number of halogens is 2. The number of nitrogens with zero attached hydrogens (tertiary/aromatic N) is 5. The zero-order valence-electron chi connectivity index (χ0n) is 31.8. The molecule has 0 saturated carbocycles. The van der Waals surface area contributed by atoms with Gasteiger partial charge in [0.1, 0.15) is 41.5 Å². The highest BCUT2D eigenvalue weighted by molar-refractivity contribution is 5.68. The van der Waals surface area contributed by atoms with Gasteiger partial charge in [-0.2, -0.15) is 0 Å². The minimum absolute atomic E-state index is 0.0749. The van der Waals surface area contributed by atoms with Crippen LogP contribution in [0, 0.1) is 21.7 Å². The topological polar surface area (TPSA) is 158 Å². The fourth-order valence-corrected chi connectivity index (χ4v) is 5.70. The summed E-state index contributed by atoms with van der Waals surface area (Å²) in [5.74, 6) is 0.947. The van der Waals surface area contributed by atoms with E-state index in [1.54, 1.807) is 37.4 Å². The lowest BCUT2D eigenvalue weighted by Crippen LogP contribution is -2.07. The Bertz CT molecular complexity index is 2310. The molecular formula is C42H42F2N6O6. The average Bonchev–Trinajstić information content (AvgIpc) is 3.15. The molecule has 0 saturated heterocycles. The zero-order valence-corrected chi connectivity index (χ0v) is 31.8. The quantitative estimate of drug-likeness (QED) is 0.0681. The summed E-state index contributed by atoms with van der Waals surface area (Å²) < 4.78 is 49.0. The number of nitro benzene ring substituents is 1. The summed E-state index contributed by atoms with van der Waals surface area (Å²) in [4.78, 5) is 28.0. The Hall–Kier alpha value is -6.70. The minimum atomic E-state index is -0.484. The van der Waals surface area contributed by atoms with Crippen molar-refractivity contribution >= 4 is 11.4 Å². The molecule has 2 heterocycles. The van der Waals surface area contributed by atoms with Crippen molar-refractivity contribution in [3.8, 4) is 45.5 Å². The van der Waals surface area contributed by atoms with Gasteiger partial charge in [0.25, 0.3) is 0 Å². The Labute approximate surface area is 323 Å². The fraction of sp³-hybridized carbons (Fsp3) is 0.238. The summed E-state index contributed by atoms with van der Waals surface area (Å²) >= 11 is 0. The molecule has 290 valence electrons. The van der Waals surface area contributed by atoms with Crippen LogP contribution in [-0.4, -0.2) is 51.3 Å². The second kappa shape index (κ2) is 18.6. The van der Waals surface area contributed by atoms with Crippen molar-refractivity contribution < 1.29 is 32.7 Å². The molecule has 12 nitrogen and oxygen atoms in total. The molecule has 2 N–H and O–H groups in total. The minimum Gasteiger partial charge on any atom is -0.495 e. The van der Waals surface area contributed by atoms with E-state index in [0.29, 0.717) is 64.0 Å². The average molecular weight is 765 g/mol. The van der Waals surface area contributed by atoms with Crippen LogP contribution in [0.3, 0.4) is 0 Å². The Morgan fingerprint density at radius 3 is 1.52 bits per heavy atom. The van der Waals surface area contributed by atoms with Crippen molar-refractivity contribution in [3.05, 3.63) is 142 Å². The second-order valence-corrected chi connectivity index (χ2v) is 13.1. The summed E-state index contributed by atoms with van der Waals surface area (Å²) in [5, 5.41) is 11.2. The lowest BCUT2D eigenvalue weighted by molar-refractivity contribution is -0.385. The van der Waals surface area contributed by atoms with Gasteiger partial charge in [-0.05, 0) is 93.4 Å². The van der Waals surface area contributed by atoms with E-state index in [4.69, 9.17) is 24.7 Å². The maximum atomic E-state index is 13.7. The number of rotatable bonds is 13. The predicted octanol–water partition coefficient (Wildman–Crippen LogP) is 8.83. The summed E-state index contributed by atoms with van der Waals surface area (Å²) in [6.07, 6.45) is 3.66. The van der Waals surface area contributed by atoms with Crippen molar-refractivity contribution in [1.29, 1.82) is 0 Å². The Morgan fingerprint density at radius 1 is 0.625 bits per heavy atom. The molecule has 2 aromatic heterocycles. The molecule has 4 aromatic carbocycles. The first-order valence-electron chi connectivity index (χ1n) is 17.6. The highest BCUT2D eigenvalue weighted by atomic mass is 19.1. The fourth-order valence-electron chi connectivity index (χ4n) is 5.70. The number of nitro groups is 1. The van der Waals surface area contributed by atoms with E-state index in [2.05, 4.69) is 19.9 Å². The van der Waals surface area contributed by atoms with Crippen molar-refractivity contribution in [1.82, 2.24) is 19.9 Å². The van der Waals surface area contributed by atoms with E-state index in [9.17, 15) is 18.9 Å². The smallest absolute Gasteiger partial charge is 0.311 e. The molecule has 0 fully saturated rings. The Kier molecular flexibility index (Phi) is 13.4. The third-order valence-electron chi connectivity index (χ3n) is 8.12. The van der Waals surface area contributed by atoms with Gasteiger partial charge in [-0.3, -0.25) is 10.1 Å². The van der Waals surface area contributed by atoms with Gasteiger partial charge in [-0.15, -0.1) is 0 Å². The zero-order chi connectivity index (χ0) is 40.4. The van der Waals surface area contributed by atoms with Crippen molar-refractivity contribution in [3.63, 3.8) is 0 Å². The van der Waals surface area contributed by atoms with Gasteiger partial charge >= 0.3 is 5.69 Å². The molecule has 0 unspecified atom stereocenters. The summed E-state index contributed by atoms with van der Waals surface area (Å²) in [7, 11) is 2.97. The molecule has 6 aromatic rings. The standard InChI is InChI=1S/C21H20FN3O4.C21H22FN3O2/c1-13(2)29-21-10-15(22)5-6-17(21)18-11-16(23-12-24-18)8-14-4-7-20(28-3)19(9-14)25(26)27;1-13(2)27-21-10-15(22)5-6-17(21)19-11-16(24-12-25-19)8-14-4-7-20(26-3)18(23)9-14/h4-7,9-13H,8H2,1-3H3;4-7,9-13H,8,23H2,1-3H3. The largest absolute Gasteiger partial charge is 0.495 e. The molecule has 0 radical (unpaired) electrons. The van der Waals surface area contributed by atoms with Gasteiger partial charge in [-0.25, -0.2) is 28.7 Å². The van der Waals surface area contributed by atoms with Gasteiger partial charge in [0, 0.05) is 53.6 Å². The molecule has 0 atom stereocenters. The van der Waals surface area contributed by atoms with E-state index in [-0.39, 0.29) is 29.5 Å². The SMILES string of the molecule is COc1ccc(Cc2cc(-c3ccc(F)cc3OC(C)C)ncn2)cc1N.COc1ccc(Cc2cc(-c3ccc(F)cc3OC(C)C)ncn2)cc1[N+](=O)[O-]. The van der Waals surface area contributed by atoms with E-state index in [1.807, 2.05) is 52.0 Å². The normalized spacial score (nSPS) is 10.8. The number of ether oxygens (including phenoxy) is 4. The van der Waals surface area contributed by atoms with Crippen LogP contribution in [0.25, 0.3) is 22.5 Å². The molecule has 0 bridgehead atoms. The highest BCUT2D eigenvalue weighted by Crippen LogP contribution is 2.33. The summed E-state index contributed by atoms with van der Waals surface area (Å²) in [6, 6.07) is 22.8. The Morgan fingerprint density at radius 2 is 1.09 bits per heavy atom. The second-order valence-electron chi connectivity index (χ2n) is 13.1. The van der Waals surface area contributed by atoms with Gasteiger partial charge in [0.05, 0.1) is 48.4 Å². The highest BCUT2D eigenvalue weighted by Gasteiger charge is 2.17. The third-order valence-corrected chi connectivity index (χ3v) is 8.12. The first kappa shape index (κ1) is 40.5. The number of benzene rings is 4. The van der Waals surface area contributed by atoms with Crippen LogP contribution in [0.1, 0.15) is 50.2 Å². The van der Waals surface area contributed by atoms with Crippen molar-refractivity contribution in [2.75, 3.05) is 20.0 Å². The van der Waals surface area contributed by atoms with Crippen molar-refractivity contribution in [2.24, 2.45) is 0 Å². The molecule has 0 aliphatic carbocycles. The van der Waals surface area contributed by atoms with E-state index in [1.165, 1.54) is 50.1 Å². The lowest BCUT2D eigenvalue weighted by atomic mass is 10.1. The van der Waals surface area contributed by atoms with Gasteiger partial charge < -0.3 is 24.7 Å². The number of hydrogen-bond donors (Lipinski definition) is 1. The molecular weight excluding hydrogens is 722 g/mol. The van der Waals surface area contributed by atoms with Gasteiger partial charge in [0.15, 0.2) is 5.75 Å². The predicted molar refractivity (Wildman–Crippen MR) is 209 cm³/mol. The van der Waals surface area contributed by atoms with Crippen LogP contribution < -0.4 is 24.7 Å². The number of hydrogen-bond acceptors (Lipinski definition) is 11. The number of methoxy groups -OCH3 is 2. The van der Waals surface area contributed by atoms with Crippen LogP contribution in [0.5, 0.6) is 23.0 Å². The molecule has 0 amide bonds. The lowest BCUT2D eigenvalue weighted by Gasteiger charge is -2.14. The number of nitrogen functional groups attached to an aromatic ring is 1. The molecule has 0 aliphatic heterocycles. The Balaban J connectivity index is 0.000000215. The van der Waals surface area contributed by atoms with Crippen LogP contribution in [0.15, 0.2) is 97.6 Å². The number of anilines is 1. The molecule has 0 aliphatic rings. The maximum Gasteiger partial charge on any atom is 0.311 e. The first-order chi connectivity index (χ1) is 26.8. The maximum absolute atomic E-state index is 13.7. The molecule has 6 rings (SSSR count).